The summed E-state index contributed by atoms with van der Waals surface area (Å²) in [4.78, 5) is 9.83. The maximum atomic E-state index is 13.0. The van der Waals surface area contributed by atoms with Crippen LogP contribution in [-0.4, -0.2) is 19.6 Å². The number of hydrogen-bond acceptors (Lipinski definition) is 4. The third kappa shape index (κ3) is 2.37. The molecule has 0 saturated heterocycles. The molecule has 0 atom stereocenters. The summed E-state index contributed by atoms with van der Waals surface area (Å²) in [5.41, 5.74) is 1.94. The molecule has 3 aromatic heterocycles. The van der Waals surface area contributed by atoms with Crippen molar-refractivity contribution in [3.8, 4) is 10.6 Å². The van der Waals surface area contributed by atoms with Gasteiger partial charge in [0.05, 0.1) is 10.6 Å². The lowest BCUT2D eigenvalue weighted by molar-refractivity contribution is 0.627. The first-order valence-corrected chi connectivity index (χ1v) is 7.66. The largest absolute Gasteiger partial charge is 0.252 e. The van der Waals surface area contributed by atoms with Crippen LogP contribution in [-0.2, 0) is 6.42 Å². The van der Waals surface area contributed by atoms with Crippen molar-refractivity contribution in [2.75, 3.05) is 0 Å². The van der Waals surface area contributed by atoms with Gasteiger partial charge in [0.2, 0.25) is 0 Å². The molecule has 4 rings (SSSR count). The number of rotatable bonds is 3. The predicted molar refractivity (Wildman–Crippen MR) is 83.3 cm³/mol. The molecule has 1 aromatic carbocycles. The van der Waals surface area contributed by atoms with E-state index in [9.17, 15) is 4.39 Å². The number of thiophene rings is 1. The highest BCUT2D eigenvalue weighted by Gasteiger charge is 2.11. The Balaban J connectivity index is 1.74. The van der Waals surface area contributed by atoms with Crippen molar-refractivity contribution in [3.05, 3.63) is 71.2 Å². The van der Waals surface area contributed by atoms with Crippen molar-refractivity contribution < 1.29 is 4.39 Å². The molecule has 0 aliphatic heterocycles. The van der Waals surface area contributed by atoms with E-state index in [0.717, 1.165) is 16.1 Å². The topological polar surface area (TPSA) is 43.1 Å². The molecule has 0 aliphatic carbocycles. The summed E-state index contributed by atoms with van der Waals surface area (Å²) in [7, 11) is 0. The summed E-state index contributed by atoms with van der Waals surface area (Å²) >= 11 is 1.65. The molecule has 0 N–H and O–H groups in total. The fraction of sp³-hybridized carbons (Fsp3) is 0.0625. The Kier molecular flexibility index (Phi) is 3.16. The average Bonchev–Trinajstić information content (AvgIpc) is 3.18. The first-order chi connectivity index (χ1) is 10.8. The van der Waals surface area contributed by atoms with Crippen molar-refractivity contribution in [1.82, 2.24) is 19.6 Å². The number of halogens is 1. The summed E-state index contributed by atoms with van der Waals surface area (Å²) in [5, 5.41) is 6.57. The van der Waals surface area contributed by atoms with Crippen LogP contribution in [0.25, 0.3) is 16.3 Å². The average molecular weight is 310 g/mol. The smallest absolute Gasteiger partial charge is 0.220 e. The quantitative estimate of drug-likeness (QED) is 0.581. The molecule has 0 unspecified atom stereocenters. The van der Waals surface area contributed by atoms with Gasteiger partial charge >= 0.3 is 0 Å². The second kappa shape index (κ2) is 5.31. The Morgan fingerprint density at radius 1 is 1.09 bits per heavy atom. The minimum Gasteiger partial charge on any atom is -0.220 e. The Hall–Kier alpha value is -2.60. The first kappa shape index (κ1) is 13.1. The predicted octanol–water partition coefficient (Wildman–Crippen LogP) is 3.58. The van der Waals surface area contributed by atoms with Crippen LogP contribution >= 0.6 is 11.3 Å². The molecule has 6 heteroatoms. The van der Waals surface area contributed by atoms with Crippen molar-refractivity contribution in [3.63, 3.8) is 0 Å². The third-order valence-electron chi connectivity index (χ3n) is 3.33. The fourth-order valence-corrected chi connectivity index (χ4v) is 3.04. The van der Waals surface area contributed by atoms with Crippen LogP contribution in [0.4, 0.5) is 4.39 Å². The van der Waals surface area contributed by atoms with E-state index in [-0.39, 0.29) is 5.82 Å². The van der Waals surface area contributed by atoms with E-state index in [1.165, 1.54) is 12.1 Å². The summed E-state index contributed by atoms with van der Waals surface area (Å²) in [6.07, 6.45) is 2.29. The molecular formula is C16H11FN4S. The van der Waals surface area contributed by atoms with Crippen LogP contribution in [0.15, 0.2) is 54.0 Å². The minimum absolute atomic E-state index is 0.242. The lowest BCUT2D eigenvalue weighted by Gasteiger charge is -1.99. The van der Waals surface area contributed by atoms with E-state index in [2.05, 4.69) is 15.1 Å². The Morgan fingerprint density at radius 2 is 1.95 bits per heavy atom. The zero-order valence-electron chi connectivity index (χ0n) is 11.5. The third-order valence-corrected chi connectivity index (χ3v) is 4.23. The Bertz CT molecular complexity index is 913. The number of benzene rings is 1. The summed E-state index contributed by atoms with van der Waals surface area (Å²) < 4.78 is 14.7. The molecule has 0 fully saturated rings. The maximum Gasteiger partial charge on any atom is 0.252 e. The van der Waals surface area contributed by atoms with Gasteiger partial charge in [-0.05, 0) is 35.2 Å². The van der Waals surface area contributed by atoms with Crippen molar-refractivity contribution in [1.29, 1.82) is 0 Å². The van der Waals surface area contributed by atoms with Crippen LogP contribution in [0.1, 0.15) is 11.4 Å². The lowest BCUT2D eigenvalue weighted by atomic mass is 10.1. The van der Waals surface area contributed by atoms with Gasteiger partial charge in [0.1, 0.15) is 5.82 Å². The molecule has 4 aromatic rings. The fourth-order valence-electron chi connectivity index (χ4n) is 2.31. The van der Waals surface area contributed by atoms with E-state index in [1.807, 2.05) is 23.6 Å². The monoisotopic (exact) mass is 310 g/mol. The van der Waals surface area contributed by atoms with Crippen LogP contribution in [0.5, 0.6) is 0 Å². The Labute approximate surface area is 129 Å². The normalized spacial score (nSPS) is 11.1. The highest BCUT2D eigenvalue weighted by Crippen LogP contribution is 2.24. The molecule has 3 heterocycles. The minimum atomic E-state index is -0.242. The standard InChI is InChI=1S/C16H11FN4S/c17-12-5-3-11(4-6-12)10-15-19-16-18-8-7-13(21(16)20-15)14-2-1-9-22-14/h1-9H,10H2. The molecule has 0 radical (unpaired) electrons. The summed E-state index contributed by atoms with van der Waals surface area (Å²) in [6.45, 7) is 0. The van der Waals surface area contributed by atoms with E-state index >= 15 is 0 Å². The van der Waals surface area contributed by atoms with E-state index in [4.69, 9.17) is 0 Å². The molecule has 22 heavy (non-hydrogen) atoms. The highest BCUT2D eigenvalue weighted by molar-refractivity contribution is 7.13. The van der Waals surface area contributed by atoms with Crippen LogP contribution in [0.3, 0.4) is 0 Å². The Morgan fingerprint density at radius 3 is 2.73 bits per heavy atom. The molecule has 0 spiro atoms. The molecule has 108 valence electrons. The SMILES string of the molecule is Fc1ccc(Cc2nc3nccc(-c4cccs4)n3n2)cc1. The molecule has 0 saturated carbocycles. The van der Waals surface area contributed by atoms with Gasteiger partial charge < -0.3 is 0 Å². The summed E-state index contributed by atoms with van der Waals surface area (Å²) in [6, 6.07) is 12.3. The second-order valence-electron chi connectivity index (χ2n) is 4.85. The van der Waals surface area contributed by atoms with Gasteiger partial charge in [-0.2, -0.15) is 9.50 Å². The molecule has 0 bridgehead atoms. The van der Waals surface area contributed by atoms with Gasteiger partial charge in [-0.15, -0.1) is 16.4 Å². The molecule has 0 amide bonds. The van der Waals surface area contributed by atoms with Gasteiger partial charge in [0.15, 0.2) is 5.82 Å². The van der Waals surface area contributed by atoms with Gasteiger partial charge in [-0.25, -0.2) is 9.37 Å². The van der Waals surface area contributed by atoms with Gasteiger partial charge in [-0.1, -0.05) is 18.2 Å². The zero-order valence-corrected chi connectivity index (χ0v) is 12.3. The summed E-state index contributed by atoms with van der Waals surface area (Å²) in [5.74, 6) is 1.000. The maximum absolute atomic E-state index is 13.0. The van der Waals surface area contributed by atoms with Gasteiger partial charge in [-0.3, -0.25) is 0 Å². The first-order valence-electron chi connectivity index (χ1n) is 6.78. The van der Waals surface area contributed by atoms with E-state index in [1.54, 1.807) is 34.2 Å². The van der Waals surface area contributed by atoms with Gasteiger partial charge in [0.25, 0.3) is 5.78 Å². The number of nitrogens with zero attached hydrogens (tertiary/aromatic N) is 4. The molecule has 4 nitrogen and oxygen atoms in total. The lowest BCUT2D eigenvalue weighted by Crippen LogP contribution is -1.95. The number of fused-ring (bicyclic) bond motifs is 1. The van der Waals surface area contributed by atoms with Gasteiger partial charge in [0, 0.05) is 12.6 Å². The zero-order chi connectivity index (χ0) is 14.9. The molecule has 0 aliphatic rings. The van der Waals surface area contributed by atoms with Crippen molar-refractivity contribution in [2.45, 2.75) is 6.42 Å². The van der Waals surface area contributed by atoms with Crippen LogP contribution in [0, 0.1) is 5.82 Å². The van der Waals surface area contributed by atoms with E-state index < -0.39 is 0 Å². The highest BCUT2D eigenvalue weighted by atomic mass is 32.1. The van der Waals surface area contributed by atoms with Crippen molar-refractivity contribution in [2.24, 2.45) is 0 Å². The number of hydrogen-bond donors (Lipinski definition) is 0. The second-order valence-corrected chi connectivity index (χ2v) is 5.80. The number of aromatic nitrogens is 4. The van der Waals surface area contributed by atoms with Crippen LogP contribution < -0.4 is 0 Å². The van der Waals surface area contributed by atoms with Crippen molar-refractivity contribution >= 4 is 17.1 Å². The van der Waals surface area contributed by atoms with Crippen LogP contribution in [0.2, 0.25) is 0 Å². The molecular weight excluding hydrogens is 299 g/mol. The van der Waals surface area contributed by atoms with E-state index in [0.29, 0.717) is 18.0 Å².